The predicted molar refractivity (Wildman–Crippen MR) is 143 cm³/mol. The van der Waals surface area contributed by atoms with E-state index in [1.54, 1.807) is 0 Å². The highest BCUT2D eigenvalue weighted by Crippen LogP contribution is 2.50. The van der Waals surface area contributed by atoms with E-state index in [2.05, 4.69) is 64.3 Å². The number of nitrogens with one attached hydrogen (secondary N) is 1. The summed E-state index contributed by atoms with van der Waals surface area (Å²) in [5.41, 5.74) is 6.38. The molecule has 3 aromatic rings. The molecule has 0 atom stereocenters. The van der Waals surface area contributed by atoms with Crippen LogP contribution >= 0.6 is 10.5 Å². The number of piperazine rings is 1. The first-order chi connectivity index (χ1) is 16.1. The first-order valence-corrected chi connectivity index (χ1v) is 13.9. The quantitative estimate of drug-likeness (QED) is 0.593. The average molecular weight is 460 g/mol. The molecule has 3 aliphatic rings. The highest BCUT2D eigenvalue weighted by molar-refractivity contribution is 8.15. The summed E-state index contributed by atoms with van der Waals surface area (Å²) >= 11 is 0. The van der Waals surface area contributed by atoms with E-state index in [0.29, 0.717) is 15.9 Å². The monoisotopic (exact) mass is 459 g/mol. The van der Waals surface area contributed by atoms with Crippen molar-refractivity contribution < 1.29 is 0 Å². The molecule has 0 saturated carbocycles. The van der Waals surface area contributed by atoms with Crippen molar-refractivity contribution in [2.45, 2.75) is 19.8 Å². The molecule has 3 saturated heterocycles. The van der Waals surface area contributed by atoms with Gasteiger partial charge in [-0.25, -0.2) is 9.97 Å². The second kappa shape index (κ2) is 8.41. The van der Waals surface area contributed by atoms with Crippen molar-refractivity contribution in [3.63, 3.8) is 0 Å². The van der Waals surface area contributed by atoms with Crippen molar-refractivity contribution in [3.05, 3.63) is 48.2 Å². The Balaban J connectivity index is 1.37. The summed E-state index contributed by atoms with van der Waals surface area (Å²) in [5, 5.41) is 4.68. The summed E-state index contributed by atoms with van der Waals surface area (Å²) < 4.78 is 0. The molecule has 3 fully saturated rings. The van der Waals surface area contributed by atoms with Crippen molar-refractivity contribution in [2.24, 2.45) is 5.41 Å². The van der Waals surface area contributed by atoms with E-state index in [9.17, 15) is 0 Å². The molecule has 3 aliphatic heterocycles. The second-order valence-corrected chi connectivity index (χ2v) is 11.7. The number of anilines is 2. The fourth-order valence-corrected chi connectivity index (χ4v) is 7.82. The number of aryl methyl sites for hydroxylation is 1. The molecular formula is C27H33N5S. The number of hydrogen-bond donors (Lipinski definition) is 1. The van der Waals surface area contributed by atoms with Crippen LogP contribution in [0.2, 0.25) is 0 Å². The number of hydrogen-bond acceptors (Lipinski definition) is 5. The molecule has 0 aliphatic carbocycles. The predicted octanol–water partition coefficient (Wildman–Crippen LogP) is 4.18. The summed E-state index contributed by atoms with van der Waals surface area (Å²) in [4.78, 5) is 14.9. The van der Waals surface area contributed by atoms with Gasteiger partial charge in [-0.05, 0) is 54.2 Å². The third kappa shape index (κ3) is 3.93. The first kappa shape index (κ1) is 21.1. The molecule has 33 heavy (non-hydrogen) atoms. The fraction of sp³-hybridized carbons (Fsp3) is 0.444. The molecular weight excluding hydrogens is 426 g/mol. The molecule has 0 bridgehead atoms. The minimum atomic E-state index is 0.382. The van der Waals surface area contributed by atoms with Gasteiger partial charge in [0.1, 0.15) is 5.82 Å². The van der Waals surface area contributed by atoms with Crippen LogP contribution in [0.5, 0.6) is 0 Å². The fourth-order valence-electron chi connectivity index (χ4n) is 5.70. The van der Waals surface area contributed by atoms with E-state index < -0.39 is 0 Å². The van der Waals surface area contributed by atoms with Crippen LogP contribution in [-0.2, 0) is 6.42 Å². The van der Waals surface area contributed by atoms with Crippen LogP contribution in [-0.4, -0.2) is 66.6 Å². The molecule has 0 unspecified atom stereocenters. The Kier molecular flexibility index (Phi) is 5.38. The number of rotatable bonds is 4. The minimum absolute atomic E-state index is 0.382. The number of fused-ring (bicyclic) bond motifs is 1. The van der Waals surface area contributed by atoms with E-state index in [0.717, 1.165) is 68.3 Å². The number of pyridine rings is 2. The van der Waals surface area contributed by atoms with Crippen molar-refractivity contribution in [1.29, 1.82) is 0 Å². The Bertz CT molecular complexity index is 1190. The van der Waals surface area contributed by atoms with Crippen molar-refractivity contribution >= 4 is 38.8 Å². The van der Waals surface area contributed by atoms with Gasteiger partial charge in [-0.3, -0.25) is 0 Å². The Hall–Kier alpha value is -2.44. The van der Waals surface area contributed by atoms with Gasteiger partial charge in [0.15, 0.2) is 0 Å². The van der Waals surface area contributed by atoms with E-state index in [1.807, 2.05) is 6.20 Å². The van der Waals surface area contributed by atoms with Crippen LogP contribution in [0.15, 0.2) is 42.6 Å². The van der Waals surface area contributed by atoms with Crippen molar-refractivity contribution in [2.75, 3.05) is 60.6 Å². The van der Waals surface area contributed by atoms with Crippen LogP contribution in [0.4, 0.5) is 11.5 Å². The topological polar surface area (TPSA) is 44.3 Å². The standard InChI is InChI=1S/C27H33N5S/c1-3-20-4-6-22-24(14-20)30-23(15-25(22)32-11-8-27(17-32)18-33(2)19-27)21-5-7-26(29-16-21)31-12-9-28-10-13-31/h4-7,14-16,28H,2-3,8-13,17-19H2,1H3. The molecule has 1 spiro atoms. The molecule has 6 heteroatoms. The normalized spacial score (nSPS) is 25.1. The molecule has 5 heterocycles. The van der Waals surface area contributed by atoms with Gasteiger partial charge in [-0.15, -0.1) is 0 Å². The molecule has 2 aromatic heterocycles. The minimum Gasteiger partial charge on any atom is -0.370 e. The maximum Gasteiger partial charge on any atom is 0.128 e. The largest absolute Gasteiger partial charge is 0.370 e. The molecule has 1 N–H and O–H groups in total. The SMILES string of the molecule is C=S1CC2(CCN(c3cc(-c4ccc(N5CCNCC5)nc4)nc4cc(CC)ccc34)C2)C1. The molecule has 1 aromatic carbocycles. The van der Waals surface area contributed by atoms with Gasteiger partial charge in [-0.1, -0.05) is 24.9 Å². The highest BCUT2D eigenvalue weighted by atomic mass is 32.2. The Labute approximate surface area is 199 Å². The summed E-state index contributed by atoms with van der Waals surface area (Å²) in [6.07, 6.45) is 4.32. The Morgan fingerprint density at radius 3 is 2.64 bits per heavy atom. The number of nitrogens with zero attached hydrogens (tertiary/aromatic N) is 4. The van der Waals surface area contributed by atoms with Crippen LogP contribution in [0.1, 0.15) is 18.9 Å². The van der Waals surface area contributed by atoms with Crippen LogP contribution < -0.4 is 15.1 Å². The maximum absolute atomic E-state index is 5.11. The van der Waals surface area contributed by atoms with Crippen LogP contribution in [0.3, 0.4) is 0 Å². The molecule has 0 radical (unpaired) electrons. The lowest BCUT2D eigenvalue weighted by Gasteiger charge is -2.41. The van der Waals surface area contributed by atoms with E-state index >= 15 is 0 Å². The lowest BCUT2D eigenvalue weighted by Crippen LogP contribution is -2.43. The lowest BCUT2D eigenvalue weighted by atomic mass is 9.91. The van der Waals surface area contributed by atoms with Crippen LogP contribution in [0, 0.1) is 5.41 Å². The lowest BCUT2D eigenvalue weighted by molar-refractivity contribution is 0.411. The van der Waals surface area contributed by atoms with Gasteiger partial charge in [0.2, 0.25) is 0 Å². The third-order valence-corrected chi connectivity index (χ3v) is 9.59. The number of aromatic nitrogens is 2. The van der Waals surface area contributed by atoms with Crippen molar-refractivity contribution in [1.82, 2.24) is 15.3 Å². The maximum atomic E-state index is 5.11. The number of benzene rings is 1. The first-order valence-electron chi connectivity index (χ1n) is 12.2. The zero-order valence-corrected chi connectivity index (χ0v) is 20.3. The molecule has 6 rings (SSSR count). The summed E-state index contributed by atoms with van der Waals surface area (Å²) in [6.45, 7) is 8.55. The van der Waals surface area contributed by atoms with Gasteiger partial charge in [0.05, 0.1) is 11.2 Å². The van der Waals surface area contributed by atoms with Gasteiger partial charge in [-0.2, -0.15) is 10.5 Å². The highest BCUT2D eigenvalue weighted by Gasteiger charge is 2.45. The third-order valence-electron chi connectivity index (χ3n) is 7.54. The average Bonchev–Trinajstić information content (AvgIpc) is 3.28. The molecule has 0 amide bonds. The summed E-state index contributed by atoms with van der Waals surface area (Å²) in [6, 6.07) is 13.5. The zero-order chi connectivity index (χ0) is 22.4. The smallest absolute Gasteiger partial charge is 0.128 e. The molecule has 172 valence electrons. The second-order valence-electron chi connectivity index (χ2n) is 9.95. The van der Waals surface area contributed by atoms with Gasteiger partial charge in [0, 0.05) is 67.5 Å². The Morgan fingerprint density at radius 1 is 1.06 bits per heavy atom. The van der Waals surface area contributed by atoms with E-state index in [1.165, 1.54) is 34.6 Å². The van der Waals surface area contributed by atoms with Crippen molar-refractivity contribution in [3.8, 4) is 11.3 Å². The van der Waals surface area contributed by atoms with Gasteiger partial charge >= 0.3 is 0 Å². The molecule has 5 nitrogen and oxygen atoms in total. The van der Waals surface area contributed by atoms with Gasteiger partial charge in [0.25, 0.3) is 0 Å². The zero-order valence-electron chi connectivity index (χ0n) is 19.5. The summed E-state index contributed by atoms with van der Waals surface area (Å²) in [5.74, 6) is 7.97. The van der Waals surface area contributed by atoms with Crippen LogP contribution in [0.25, 0.3) is 22.2 Å². The van der Waals surface area contributed by atoms with E-state index in [4.69, 9.17) is 9.97 Å². The summed E-state index contributed by atoms with van der Waals surface area (Å²) in [7, 11) is 0.382. The Morgan fingerprint density at radius 2 is 1.91 bits per heavy atom. The van der Waals surface area contributed by atoms with Gasteiger partial charge < -0.3 is 15.1 Å². The van der Waals surface area contributed by atoms with E-state index in [-0.39, 0.29) is 0 Å².